The molecule has 0 amide bonds. The van der Waals surface area contributed by atoms with E-state index in [0.717, 1.165) is 0 Å². The number of rotatable bonds is 0. The van der Waals surface area contributed by atoms with E-state index in [2.05, 4.69) is 0 Å². The fourth-order valence-electron chi connectivity index (χ4n) is 0.279. The Bertz CT molecular complexity index is 22.4. The van der Waals surface area contributed by atoms with Crippen LogP contribution < -0.4 is 0 Å². The van der Waals surface area contributed by atoms with Crippen molar-refractivity contribution in [3.63, 3.8) is 0 Å². The zero-order valence-electron chi connectivity index (χ0n) is 3.85. The molecule has 1 aliphatic heterocycles. The van der Waals surface area contributed by atoms with Gasteiger partial charge < -0.3 is 0 Å². The van der Waals surface area contributed by atoms with Gasteiger partial charge in [-0.1, -0.05) is 0 Å². The van der Waals surface area contributed by atoms with Crippen molar-refractivity contribution in [1.82, 2.24) is 0 Å². The van der Waals surface area contributed by atoms with Gasteiger partial charge in [0, 0.05) is 15.3 Å². The van der Waals surface area contributed by atoms with E-state index >= 15 is 0 Å². The van der Waals surface area contributed by atoms with Crippen LogP contribution >= 0.6 is 48.8 Å². The first-order valence-corrected chi connectivity index (χ1v) is 5.20. The molecule has 0 N–H and O–H groups in total. The molecule has 0 saturated carbocycles. The molecule has 0 spiro atoms. The van der Waals surface area contributed by atoms with Crippen LogP contribution in [-0.4, -0.2) is 15.3 Å². The summed E-state index contributed by atoms with van der Waals surface area (Å²) in [5.41, 5.74) is 0. The van der Waals surface area contributed by atoms with Crippen molar-refractivity contribution in [2.45, 2.75) is 0 Å². The summed E-state index contributed by atoms with van der Waals surface area (Å²) >= 11 is 6.06. The number of hydrogen-bond acceptors (Lipinski definition) is 3. The Morgan fingerprint density at radius 2 is 1.00 bits per heavy atom. The molecule has 1 aliphatic rings. The highest BCUT2D eigenvalue weighted by atomic mass is 32.3. The van der Waals surface area contributed by atoms with Gasteiger partial charge in [-0.2, -0.15) is 13.5 Å². The maximum atomic E-state index is 2.02. The van der Waals surface area contributed by atoms with Gasteiger partial charge in [0.1, 0.15) is 0 Å². The van der Waals surface area contributed by atoms with Crippen molar-refractivity contribution in [2.24, 2.45) is 0 Å². The maximum Gasteiger partial charge on any atom is 0.0408 e. The van der Waals surface area contributed by atoms with Gasteiger partial charge in [0.15, 0.2) is 0 Å². The van der Waals surface area contributed by atoms with Crippen LogP contribution in [0.1, 0.15) is 0 Å². The van der Waals surface area contributed by atoms with E-state index in [4.69, 9.17) is 0 Å². The fourth-order valence-corrected chi connectivity index (χ4v) is 4.35. The van der Waals surface area contributed by atoms with Crippen LogP contribution in [0.25, 0.3) is 0 Å². The number of thioether (sulfide) groups is 3. The highest BCUT2D eigenvalue weighted by molar-refractivity contribution is 8.31. The zero-order valence-corrected chi connectivity index (χ0v) is 7.30. The third-order valence-corrected chi connectivity index (χ3v) is 4.50. The van der Waals surface area contributed by atoms with Gasteiger partial charge in [0.25, 0.3) is 0 Å². The third kappa shape index (κ3) is 3.94. The summed E-state index contributed by atoms with van der Waals surface area (Å²) in [5.74, 6) is 0. The van der Waals surface area contributed by atoms with Gasteiger partial charge in [0.05, 0.1) is 0 Å². The fraction of sp³-hybridized carbons (Fsp3) is 1.00. The van der Waals surface area contributed by atoms with E-state index in [1.807, 2.05) is 35.3 Å². The topological polar surface area (TPSA) is 0 Å². The Balaban J connectivity index is 0.000000360. The van der Waals surface area contributed by atoms with E-state index in [9.17, 15) is 0 Å². The van der Waals surface area contributed by atoms with E-state index in [1.54, 1.807) is 0 Å². The lowest BCUT2D eigenvalue weighted by Crippen LogP contribution is -1.82. The molecular weight excluding hydrogens is 164 g/mol. The largest absolute Gasteiger partial charge is 0.197 e. The van der Waals surface area contributed by atoms with Crippen molar-refractivity contribution >= 4 is 48.8 Å². The highest BCUT2D eigenvalue weighted by Gasteiger charge is 1.96. The first-order valence-electron chi connectivity index (χ1n) is 1.73. The van der Waals surface area contributed by atoms with Crippen molar-refractivity contribution < 1.29 is 0 Å². The van der Waals surface area contributed by atoms with E-state index in [0.29, 0.717) is 0 Å². The molecule has 1 heterocycles. The summed E-state index contributed by atoms with van der Waals surface area (Å²) in [6.07, 6.45) is 0. The second kappa shape index (κ2) is 5.54. The smallest absolute Gasteiger partial charge is 0.0408 e. The van der Waals surface area contributed by atoms with Crippen LogP contribution in [0, 0.1) is 0 Å². The van der Waals surface area contributed by atoms with E-state index in [1.165, 1.54) is 15.3 Å². The Morgan fingerprint density at radius 1 is 0.714 bits per heavy atom. The second-order valence-electron chi connectivity index (χ2n) is 0.966. The lowest BCUT2D eigenvalue weighted by atomic mass is 11.8. The molecule has 0 aromatic rings. The molecule has 0 nitrogen and oxygen atoms in total. The van der Waals surface area contributed by atoms with Crippen LogP contribution in [-0.2, 0) is 0 Å². The number of hydrogen-bond donors (Lipinski definition) is 0. The molecule has 0 aromatic heterocycles. The summed E-state index contributed by atoms with van der Waals surface area (Å²) in [5, 5.41) is 3.94. The highest BCUT2D eigenvalue weighted by Crippen LogP contribution is 2.27. The van der Waals surface area contributed by atoms with Crippen LogP contribution in [0.3, 0.4) is 0 Å². The standard InChI is InChI=1S/C3H6S3.H2S/c1-4-2-6-3-5-1;/h1-3H2;1H2. The van der Waals surface area contributed by atoms with Crippen LogP contribution in [0.2, 0.25) is 0 Å². The molecule has 0 bridgehead atoms. The van der Waals surface area contributed by atoms with Crippen molar-refractivity contribution in [3.05, 3.63) is 0 Å². The zero-order chi connectivity index (χ0) is 4.24. The van der Waals surface area contributed by atoms with Crippen LogP contribution in [0.4, 0.5) is 0 Å². The monoisotopic (exact) mass is 172 g/mol. The first-order chi connectivity index (χ1) is 3.00. The molecule has 0 unspecified atom stereocenters. The Kier molecular flexibility index (Phi) is 6.64. The quantitative estimate of drug-likeness (QED) is 0.550. The predicted molar refractivity (Wildman–Crippen MR) is 47.8 cm³/mol. The summed E-state index contributed by atoms with van der Waals surface area (Å²) in [6.45, 7) is 0. The summed E-state index contributed by atoms with van der Waals surface area (Å²) in [7, 11) is 0. The second-order valence-corrected chi connectivity index (χ2v) is 5.02. The molecule has 1 saturated heterocycles. The molecule has 44 valence electrons. The molecule has 7 heavy (non-hydrogen) atoms. The average molecular weight is 172 g/mol. The molecule has 0 radical (unpaired) electrons. The molecule has 1 rings (SSSR count). The Hall–Kier alpha value is 1.40. The molecule has 0 atom stereocenters. The lowest BCUT2D eigenvalue weighted by molar-refractivity contribution is 2.03. The Labute approximate surface area is 64.0 Å². The minimum Gasteiger partial charge on any atom is -0.197 e. The summed E-state index contributed by atoms with van der Waals surface area (Å²) < 4.78 is 0. The van der Waals surface area contributed by atoms with E-state index in [-0.39, 0.29) is 13.5 Å². The lowest BCUT2D eigenvalue weighted by Gasteiger charge is -2.05. The molecular formula is C3H8S4. The van der Waals surface area contributed by atoms with Crippen molar-refractivity contribution in [3.8, 4) is 0 Å². The average Bonchev–Trinajstić information content (AvgIpc) is 1.72. The van der Waals surface area contributed by atoms with E-state index < -0.39 is 0 Å². The Morgan fingerprint density at radius 3 is 1.14 bits per heavy atom. The molecule has 0 aromatic carbocycles. The van der Waals surface area contributed by atoms with Crippen LogP contribution in [0.5, 0.6) is 0 Å². The van der Waals surface area contributed by atoms with Crippen LogP contribution in [0.15, 0.2) is 0 Å². The maximum absolute atomic E-state index is 2.02. The predicted octanol–water partition coefficient (Wildman–Crippen LogP) is 2.18. The normalized spacial score (nSPS) is 20.6. The third-order valence-electron chi connectivity index (χ3n) is 0.500. The SMILES string of the molecule is C1SCSCS1.S. The summed E-state index contributed by atoms with van der Waals surface area (Å²) in [6, 6.07) is 0. The van der Waals surface area contributed by atoms with Gasteiger partial charge in [-0.3, -0.25) is 0 Å². The van der Waals surface area contributed by atoms with Crippen molar-refractivity contribution in [2.75, 3.05) is 15.3 Å². The minimum absolute atomic E-state index is 0. The van der Waals surface area contributed by atoms with Crippen molar-refractivity contribution in [1.29, 1.82) is 0 Å². The molecule has 1 fully saturated rings. The van der Waals surface area contributed by atoms with Gasteiger partial charge in [0.2, 0.25) is 0 Å². The minimum atomic E-state index is 0. The molecule has 0 aliphatic carbocycles. The van der Waals surface area contributed by atoms with Gasteiger partial charge in [-0.15, -0.1) is 35.3 Å². The van der Waals surface area contributed by atoms with Gasteiger partial charge in [-0.25, -0.2) is 0 Å². The van der Waals surface area contributed by atoms with Gasteiger partial charge in [-0.05, 0) is 0 Å². The summed E-state index contributed by atoms with van der Waals surface area (Å²) in [4.78, 5) is 0. The van der Waals surface area contributed by atoms with Gasteiger partial charge >= 0.3 is 0 Å². The first kappa shape index (κ1) is 8.40. The molecule has 4 heteroatoms.